The number of hydrogen-bond donors (Lipinski definition) is 1. The van der Waals surface area contributed by atoms with E-state index in [0.29, 0.717) is 0 Å². The van der Waals surface area contributed by atoms with Crippen molar-refractivity contribution < 1.29 is 0 Å². The Morgan fingerprint density at radius 3 is 2.25 bits per heavy atom. The summed E-state index contributed by atoms with van der Waals surface area (Å²) in [6.07, 6.45) is 14.8. The minimum absolute atomic E-state index is 0.793. The molecule has 1 aliphatic heterocycles. The molecule has 3 aliphatic rings. The number of piperidine rings is 1. The van der Waals surface area contributed by atoms with Crippen LogP contribution in [-0.2, 0) is 0 Å². The van der Waals surface area contributed by atoms with Gasteiger partial charge in [-0.15, -0.1) is 0 Å². The van der Waals surface area contributed by atoms with Crippen LogP contribution in [0.5, 0.6) is 0 Å². The summed E-state index contributed by atoms with van der Waals surface area (Å²) in [5, 5.41) is 3.84. The zero-order valence-electron chi connectivity index (χ0n) is 13.5. The highest BCUT2D eigenvalue weighted by molar-refractivity contribution is 4.91. The molecule has 2 aliphatic carbocycles. The molecule has 0 radical (unpaired) electrons. The van der Waals surface area contributed by atoms with E-state index in [4.69, 9.17) is 0 Å². The van der Waals surface area contributed by atoms with Crippen LogP contribution in [0.1, 0.15) is 71.1 Å². The highest BCUT2D eigenvalue weighted by Crippen LogP contribution is 2.48. The van der Waals surface area contributed by atoms with Gasteiger partial charge in [0, 0.05) is 19.1 Å². The monoisotopic (exact) mass is 278 g/mol. The topological polar surface area (TPSA) is 15.3 Å². The molecule has 1 N–H and O–H groups in total. The SMILES string of the molecule is CC1CCN(CCNC2CCC3(CCCC3)CC2)CC1. The van der Waals surface area contributed by atoms with Crippen molar-refractivity contribution in [3.05, 3.63) is 0 Å². The molecule has 3 fully saturated rings. The largest absolute Gasteiger partial charge is 0.313 e. The van der Waals surface area contributed by atoms with Gasteiger partial charge in [-0.1, -0.05) is 19.8 Å². The second kappa shape index (κ2) is 6.79. The third-order valence-electron chi connectivity index (χ3n) is 6.45. The molecule has 0 unspecified atom stereocenters. The van der Waals surface area contributed by atoms with Crippen LogP contribution in [0.3, 0.4) is 0 Å². The Morgan fingerprint density at radius 1 is 0.950 bits per heavy atom. The summed E-state index contributed by atoms with van der Waals surface area (Å²) < 4.78 is 0. The molecule has 0 aromatic heterocycles. The predicted octanol–water partition coefficient (Wildman–Crippen LogP) is 3.81. The Hall–Kier alpha value is -0.0800. The van der Waals surface area contributed by atoms with Gasteiger partial charge < -0.3 is 10.2 Å². The number of rotatable bonds is 4. The van der Waals surface area contributed by atoms with Crippen molar-refractivity contribution in [3.8, 4) is 0 Å². The van der Waals surface area contributed by atoms with Gasteiger partial charge in [0.1, 0.15) is 0 Å². The minimum atomic E-state index is 0.793. The maximum Gasteiger partial charge on any atom is 0.0107 e. The molecule has 1 spiro atoms. The lowest BCUT2D eigenvalue weighted by Gasteiger charge is -2.38. The first-order chi connectivity index (χ1) is 9.76. The normalized spacial score (nSPS) is 29.2. The third-order valence-corrected chi connectivity index (χ3v) is 6.45. The molecule has 0 bridgehead atoms. The maximum atomic E-state index is 3.84. The third kappa shape index (κ3) is 3.76. The molecule has 2 heteroatoms. The summed E-state index contributed by atoms with van der Waals surface area (Å²) in [7, 11) is 0. The molecule has 116 valence electrons. The number of nitrogens with one attached hydrogen (secondary N) is 1. The van der Waals surface area contributed by atoms with E-state index in [1.54, 1.807) is 0 Å². The van der Waals surface area contributed by atoms with Crippen molar-refractivity contribution in [3.63, 3.8) is 0 Å². The van der Waals surface area contributed by atoms with Crippen LogP contribution in [0.25, 0.3) is 0 Å². The predicted molar refractivity (Wildman–Crippen MR) is 86.0 cm³/mol. The van der Waals surface area contributed by atoms with Crippen LogP contribution < -0.4 is 5.32 Å². The average Bonchev–Trinajstić information content (AvgIpc) is 2.92. The lowest BCUT2D eigenvalue weighted by molar-refractivity contribution is 0.159. The summed E-state index contributed by atoms with van der Waals surface area (Å²) in [4.78, 5) is 2.66. The van der Waals surface area contributed by atoms with E-state index in [-0.39, 0.29) is 0 Å². The van der Waals surface area contributed by atoms with E-state index in [2.05, 4.69) is 17.1 Å². The Bertz CT molecular complexity index is 278. The summed E-state index contributed by atoms with van der Waals surface area (Å²) in [6, 6.07) is 0.824. The highest BCUT2D eigenvalue weighted by Gasteiger charge is 2.37. The fourth-order valence-electron chi connectivity index (χ4n) is 4.77. The molecule has 20 heavy (non-hydrogen) atoms. The van der Waals surface area contributed by atoms with E-state index in [1.165, 1.54) is 90.4 Å². The molecular formula is C18H34N2. The molecule has 0 atom stereocenters. The molecule has 0 aromatic rings. The van der Waals surface area contributed by atoms with Gasteiger partial charge in [0.05, 0.1) is 0 Å². The highest BCUT2D eigenvalue weighted by atomic mass is 15.1. The van der Waals surface area contributed by atoms with E-state index in [1.807, 2.05) is 0 Å². The van der Waals surface area contributed by atoms with Crippen LogP contribution in [0.2, 0.25) is 0 Å². The second-order valence-corrected chi connectivity index (χ2v) is 7.96. The minimum Gasteiger partial charge on any atom is -0.313 e. The molecule has 0 amide bonds. The van der Waals surface area contributed by atoms with Crippen molar-refractivity contribution in [1.29, 1.82) is 0 Å². The zero-order valence-corrected chi connectivity index (χ0v) is 13.5. The standard InChI is InChI=1S/C18H34N2/c1-16-6-13-20(14-7-16)15-12-19-17-4-10-18(11-5-17)8-2-3-9-18/h16-17,19H,2-15H2,1H3. The second-order valence-electron chi connectivity index (χ2n) is 7.96. The number of nitrogens with zero attached hydrogens (tertiary/aromatic N) is 1. The summed E-state index contributed by atoms with van der Waals surface area (Å²) in [5.41, 5.74) is 0.793. The van der Waals surface area contributed by atoms with Crippen LogP contribution >= 0.6 is 0 Å². The van der Waals surface area contributed by atoms with Crippen molar-refractivity contribution in [1.82, 2.24) is 10.2 Å². The molecule has 2 nitrogen and oxygen atoms in total. The fraction of sp³-hybridized carbons (Fsp3) is 1.00. The van der Waals surface area contributed by atoms with Crippen LogP contribution in [0, 0.1) is 11.3 Å². The van der Waals surface area contributed by atoms with Crippen LogP contribution in [-0.4, -0.2) is 37.1 Å². The van der Waals surface area contributed by atoms with E-state index in [0.717, 1.165) is 17.4 Å². The molecule has 2 saturated carbocycles. The molecule has 0 aromatic carbocycles. The molecular weight excluding hydrogens is 244 g/mol. The van der Waals surface area contributed by atoms with E-state index in [9.17, 15) is 0 Å². The van der Waals surface area contributed by atoms with Crippen molar-refractivity contribution in [2.24, 2.45) is 11.3 Å². The van der Waals surface area contributed by atoms with Crippen molar-refractivity contribution in [2.75, 3.05) is 26.2 Å². The quantitative estimate of drug-likeness (QED) is 0.841. The smallest absolute Gasteiger partial charge is 0.0107 e. The lowest BCUT2D eigenvalue weighted by atomic mass is 9.71. The Kier molecular flexibility index (Phi) is 5.04. The molecule has 1 saturated heterocycles. The number of likely N-dealkylation sites (tertiary alicyclic amines) is 1. The zero-order chi connectivity index (χ0) is 13.8. The Balaban J connectivity index is 1.30. The lowest BCUT2D eigenvalue weighted by Crippen LogP contribution is -2.42. The summed E-state index contributed by atoms with van der Waals surface area (Å²) in [5.74, 6) is 0.958. The number of hydrogen-bond acceptors (Lipinski definition) is 2. The average molecular weight is 278 g/mol. The van der Waals surface area contributed by atoms with E-state index < -0.39 is 0 Å². The van der Waals surface area contributed by atoms with Gasteiger partial charge in [-0.25, -0.2) is 0 Å². The van der Waals surface area contributed by atoms with Crippen LogP contribution in [0.4, 0.5) is 0 Å². The first-order valence-corrected chi connectivity index (χ1v) is 9.22. The summed E-state index contributed by atoms with van der Waals surface area (Å²) >= 11 is 0. The van der Waals surface area contributed by atoms with Gasteiger partial charge >= 0.3 is 0 Å². The molecule has 1 heterocycles. The summed E-state index contributed by atoms with van der Waals surface area (Å²) in [6.45, 7) is 7.55. The first kappa shape index (κ1) is 14.8. The fourth-order valence-corrected chi connectivity index (χ4v) is 4.77. The maximum absolute atomic E-state index is 3.84. The van der Waals surface area contributed by atoms with E-state index >= 15 is 0 Å². The van der Waals surface area contributed by atoms with Gasteiger partial charge in [0.15, 0.2) is 0 Å². The van der Waals surface area contributed by atoms with Crippen molar-refractivity contribution in [2.45, 2.75) is 77.2 Å². The Labute approximate surface area is 125 Å². The van der Waals surface area contributed by atoms with Gasteiger partial charge in [-0.2, -0.15) is 0 Å². The van der Waals surface area contributed by atoms with Gasteiger partial charge in [0.2, 0.25) is 0 Å². The Morgan fingerprint density at radius 2 is 1.60 bits per heavy atom. The van der Waals surface area contributed by atoms with Gasteiger partial charge in [-0.3, -0.25) is 0 Å². The van der Waals surface area contributed by atoms with Crippen molar-refractivity contribution >= 4 is 0 Å². The van der Waals surface area contributed by atoms with Gasteiger partial charge in [-0.05, 0) is 75.8 Å². The van der Waals surface area contributed by atoms with Crippen LogP contribution in [0.15, 0.2) is 0 Å². The molecule has 3 rings (SSSR count). The first-order valence-electron chi connectivity index (χ1n) is 9.22. The van der Waals surface area contributed by atoms with Gasteiger partial charge in [0.25, 0.3) is 0 Å².